The molecule has 0 amide bonds. The zero-order valence-electron chi connectivity index (χ0n) is 12.0. The van der Waals surface area contributed by atoms with Crippen molar-refractivity contribution in [1.82, 2.24) is 4.98 Å². The average molecular weight is 315 g/mol. The number of aromatic nitrogens is 1. The maximum atomic E-state index is 14.3. The Kier molecular flexibility index (Phi) is 4.15. The summed E-state index contributed by atoms with van der Waals surface area (Å²) in [7, 11) is 0. The Balaban J connectivity index is 1.98. The molecule has 22 heavy (non-hydrogen) atoms. The van der Waals surface area contributed by atoms with E-state index in [0.717, 1.165) is 15.8 Å². The molecule has 1 aromatic heterocycles. The molecule has 5 heteroatoms. The smallest absolute Gasteiger partial charge is 0.312 e. The Morgan fingerprint density at radius 1 is 1.23 bits per heavy atom. The number of hydrogen-bond acceptors (Lipinski definition) is 4. The van der Waals surface area contributed by atoms with Gasteiger partial charge in [0, 0.05) is 0 Å². The van der Waals surface area contributed by atoms with Gasteiger partial charge in [-0.05, 0) is 30.2 Å². The van der Waals surface area contributed by atoms with Crippen LogP contribution in [-0.2, 0) is 16.0 Å². The number of halogens is 1. The standard InChI is InChI=1S/C17H14FNO2S/c1-2-21-16(20)10-15-19-17-13(18)8-12(9-14(17)22-15)11-6-4-3-5-7-11/h3-9H,2,10H2,1H3. The molecule has 0 atom stereocenters. The number of rotatable bonds is 4. The minimum absolute atomic E-state index is 0.0767. The third kappa shape index (κ3) is 2.99. The largest absolute Gasteiger partial charge is 0.466 e. The number of nitrogens with zero attached hydrogens (tertiary/aromatic N) is 1. The molecule has 0 aliphatic heterocycles. The topological polar surface area (TPSA) is 39.2 Å². The molecule has 0 saturated heterocycles. The zero-order chi connectivity index (χ0) is 15.5. The Hall–Kier alpha value is -2.27. The van der Waals surface area contributed by atoms with Gasteiger partial charge in [-0.1, -0.05) is 30.3 Å². The highest BCUT2D eigenvalue weighted by molar-refractivity contribution is 7.18. The second-order valence-corrected chi connectivity index (χ2v) is 5.88. The summed E-state index contributed by atoms with van der Waals surface area (Å²) in [6.45, 7) is 2.08. The lowest BCUT2D eigenvalue weighted by atomic mass is 10.1. The molecule has 0 N–H and O–H groups in total. The number of esters is 1. The first-order chi connectivity index (χ1) is 10.7. The van der Waals surface area contributed by atoms with Crippen molar-refractivity contribution < 1.29 is 13.9 Å². The number of fused-ring (bicyclic) bond motifs is 1. The van der Waals surface area contributed by atoms with Crippen LogP contribution in [0, 0.1) is 5.82 Å². The summed E-state index contributed by atoms with van der Waals surface area (Å²) in [6, 6.07) is 13.0. The molecule has 3 rings (SSSR count). The lowest BCUT2D eigenvalue weighted by Gasteiger charge is -2.01. The molecule has 3 aromatic rings. The van der Waals surface area contributed by atoms with Crippen LogP contribution in [0.25, 0.3) is 21.3 Å². The van der Waals surface area contributed by atoms with Gasteiger partial charge in [0.05, 0.1) is 17.7 Å². The fraction of sp³-hybridized carbons (Fsp3) is 0.176. The van der Waals surface area contributed by atoms with E-state index in [4.69, 9.17) is 4.74 Å². The molecule has 0 aliphatic rings. The van der Waals surface area contributed by atoms with Crippen LogP contribution in [0.2, 0.25) is 0 Å². The molecule has 0 bridgehead atoms. The molecule has 0 spiro atoms. The van der Waals surface area contributed by atoms with Gasteiger partial charge < -0.3 is 4.74 Å². The van der Waals surface area contributed by atoms with Gasteiger partial charge in [-0.2, -0.15) is 0 Å². The van der Waals surface area contributed by atoms with Gasteiger partial charge in [0.1, 0.15) is 10.5 Å². The summed E-state index contributed by atoms with van der Waals surface area (Å²) in [4.78, 5) is 15.7. The maximum absolute atomic E-state index is 14.3. The van der Waals surface area contributed by atoms with Crippen LogP contribution in [0.15, 0.2) is 42.5 Å². The van der Waals surface area contributed by atoms with Crippen molar-refractivity contribution in [2.45, 2.75) is 13.3 Å². The normalized spacial score (nSPS) is 10.8. The first kappa shape index (κ1) is 14.7. The monoisotopic (exact) mass is 315 g/mol. The van der Waals surface area contributed by atoms with E-state index in [1.807, 2.05) is 36.4 Å². The van der Waals surface area contributed by atoms with Crippen molar-refractivity contribution in [1.29, 1.82) is 0 Å². The van der Waals surface area contributed by atoms with E-state index in [0.29, 0.717) is 17.1 Å². The SMILES string of the molecule is CCOC(=O)Cc1nc2c(F)cc(-c3ccccc3)cc2s1. The van der Waals surface area contributed by atoms with Crippen molar-refractivity contribution in [3.05, 3.63) is 53.3 Å². The Morgan fingerprint density at radius 3 is 2.73 bits per heavy atom. The molecule has 0 aliphatic carbocycles. The summed E-state index contributed by atoms with van der Waals surface area (Å²) < 4.78 is 19.9. The van der Waals surface area contributed by atoms with Gasteiger partial charge in [-0.25, -0.2) is 9.37 Å². The van der Waals surface area contributed by atoms with Crippen LogP contribution < -0.4 is 0 Å². The lowest BCUT2D eigenvalue weighted by molar-refractivity contribution is -0.142. The summed E-state index contributed by atoms with van der Waals surface area (Å²) in [5.74, 6) is -0.715. The number of benzene rings is 2. The predicted molar refractivity (Wildman–Crippen MR) is 85.4 cm³/mol. The Morgan fingerprint density at radius 2 is 2.00 bits per heavy atom. The number of carbonyl (C=O) groups excluding carboxylic acids is 1. The first-order valence-corrected chi connectivity index (χ1v) is 7.79. The predicted octanol–water partition coefficient (Wildman–Crippen LogP) is 4.21. The molecule has 2 aromatic carbocycles. The van der Waals surface area contributed by atoms with Crippen LogP contribution in [0.4, 0.5) is 4.39 Å². The van der Waals surface area contributed by atoms with Gasteiger partial charge in [0.2, 0.25) is 0 Å². The molecular formula is C17H14FNO2S. The second kappa shape index (κ2) is 6.23. The van der Waals surface area contributed by atoms with E-state index in [9.17, 15) is 9.18 Å². The minimum atomic E-state index is -0.372. The van der Waals surface area contributed by atoms with Crippen molar-refractivity contribution in [2.75, 3.05) is 6.61 Å². The molecular weight excluding hydrogens is 301 g/mol. The fourth-order valence-corrected chi connectivity index (χ4v) is 3.25. The molecule has 0 radical (unpaired) electrons. The van der Waals surface area contributed by atoms with Crippen molar-refractivity contribution >= 4 is 27.5 Å². The van der Waals surface area contributed by atoms with E-state index < -0.39 is 0 Å². The molecule has 112 valence electrons. The van der Waals surface area contributed by atoms with Gasteiger partial charge in [0.25, 0.3) is 0 Å². The van der Waals surface area contributed by atoms with Crippen molar-refractivity contribution in [3.63, 3.8) is 0 Å². The minimum Gasteiger partial charge on any atom is -0.466 e. The number of thiazole rings is 1. The Labute approximate surface area is 131 Å². The number of carbonyl (C=O) groups is 1. The summed E-state index contributed by atoms with van der Waals surface area (Å²) in [5, 5.41) is 0.567. The van der Waals surface area contributed by atoms with Crippen LogP contribution in [0.5, 0.6) is 0 Å². The van der Waals surface area contributed by atoms with Crippen LogP contribution in [-0.4, -0.2) is 17.6 Å². The molecule has 0 fully saturated rings. The van der Waals surface area contributed by atoms with E-state index in [1.54, 1.807) is 6.92 Å². The molecule has 1 heterocycles. The number of hydrogen-bond donors (Lipinski definition) is 0. The highest BCUT2D eigenvalue weighted by Crippen LogP contribution is 2.30. The molecule has 3 nitrogen and oxygen atoms in total. The third-order valence-corrected chi connectivity index (χ3v) is 4.20. The molecule has 0 unspecified atom stereocenters. The van der Waals surface area contributed by atoms with Gasteiger partial charge >= 0.3 is 5.97 Å². The van der Waals surface area contributed by atoms with Crippen molar-refractivity contribution in [2.24, 2.45) is 0 Å². The summed E-state index contributed by atoms with van der Waals surface area (Å²) in [5.41, 5.74) is 2.06. The third-order valence-electron chi connectivity index (χ3n) is 3.20. The van der Waals surface area contributed by atoms with E-state index >= 15 is 0 Å². The second-order valence-electron chi connectivity index (χ2n) is 4.76. The van der Waals surface area contributed by atoms with Crippen LogP contribution in [0.3, 0.4) is 0 Å². The fourth-order valence-electron chi connectivity index (χ4n) is 2.24. The average Bonchev–Trinajstić information content (AvgIpc) is 2.91. The van der Waals surface area contributed by atoms with Gasteiger partial charge in [-0.3, -0.25) is 4.79 Å². The van der Waals surface area contributed by atoms with Crippen molar-refractivity contribution in [3.8, 4) is 11.1 Å². The summed E-state index contributed by atoms with van der Waals surface area (Å²) >= 11 is 1.32. The summed E-state index contributed by atoms with van der Waals surface area (Å²) in [6.07, 6.45) is 0.0767. The number of ether oxygens (including phenoxy) is 1. The van der Waals surface area contributed by atoms with E-state index in [1.165, 1.54) is 17.4 Å². The van der Waals surface area contributed by atoms with E-state index in [2.05, 4.69) is 4.98 Å². The van der Waals surface area contributed by atoms with Gasteiger partial charge in [-0.15, -0.1) is 11.3 Å². The maximum Gasteiger partial charge on any atom is 0.312 e. The lowest BCUT2D eigenvalue weighted by Crippen LogP contribution is -2.06. The highest BCUT2D eigenvalue weighted by atomic mass is 32.1. The van der Waals surface area contributed by atoms with E-state index in [-0.39, 0.29) is 18.2 Å². The van der Waals surface area contributed by atoms with Crippen LogP contribution >= 0.6 is 11.3 Å². The first-order valence-electron chi connectivity index (χ1n) is 6.97. The molecule has 0 saturated carbocycles. The zero-order valence-corrected chi connectivity index (χ0v) is 12.8. The van der Waals surface area contributed by atoms with Crippen LogP contribution in [0.1, 0.15) is 11.9 Å². The van der Waals surface area contributed by atoms with Gasteiger partial charge in [0.15, 0.2) is 5.82 Å². The quantitative estimate of drug-likeness (QED) is 0.677. The Bertz CT molecular complexity index is 814. The highest BCUT2D eigenvalue weighted by Gasteiger charge is 2.14.